The van der Waals surface area contributed by atoms with Gasteiger partial charge in [-0.2, -0.15) is 0 Å². The zero-order chi connectivity index (χ0) is 28.4. The summed E-state index contributed by atoms with van der Waals surface area (Å²) in [5, 5.41) is 4.53. The molecule has 1 aliphatic heterocycles. The average Bonchev–Trinajstić information content (AvgIpc) is 3.66. The molecule has 2 atom stereocenters. The number of nitrogens with one attached hydrogen (secondary N) is 1. The number of imidazole rings is 1. The molecular formula is C28H30ClN3O6S2. The van der Waals surface area contributed by atoms with E-state index < -0.39 is 21.9 Å². The van der Waals surface area contributed by atoms with Crippen LogP contribution in [0.5, 0.6) is 11.5 Å². The van der Waals surface area contributed by atoms with Gasteiger partial charge in [-0.05, 0) is 50.1 Å². The van der Waals surface area contributed by atoms with Crippen LogP contribution in [0.25, 0.3) is 16.0 Å². The van der Waals surface area contributed by atoms with Crippen LogP contribution in [0.15, 0.2) is 48.8 Å². The van der Waals surface area contributed by atoms with E-state index in [1.165, 1.54) is 24.7 Å². The van der Waals surface area contributed by atoms with E-state index in [1.54, 1.807) is 35.2 Å². The minimum Gasteiger partial charge on any atom is -0.490 e. The van der Waals surface area contributed by atoms with E-state index in [1.807, 2.05) is 25.1 Å². The number of nitrogens with zero attached hydrogens (tertiary/aromatic N) is 2. The Hall–Kier alpha value is -3.12. The number of hydrogen-bond acceptors (Lipinski definition) is 9. The predicted molar refractivity (Wildman–Crippen MR) is 156 cm³/mol. The van der Waals surface area contributed by atoms with E-state index in [2.05, 4.69) is 10.3 Å². The summed E-state index contributed by atoms with van der Waals surface area (Å²) in [5.74, 6) is 0.301. The van der Waals surface area contributed by atoms with Crippen LogP contribution >= 0.6 is 22.9 Å². The van der Waals surface area contributed by atoms with Crippen molar-refractivity contribution in [2.24, 2.45) is 0 Å². The van der Waals surface area contributed by atoms with Gasteiger partial charge in [-0.1, -0.05) is 29.8 Å². The van der Waals surface area contributed by atoms with Crippen LogP contribution in [0.3, 0.4) is 0 Å². The molecule has 3 heterocycles. The van der Waals surface area contributed by atoms with Gasteiger partial charge in [0.05, 0.1) is 28.9 Å². The number of ether oxygens (including phenoxy) is 3. The fraction of sp³-hybridized carbons (Fsp3) is 0.357. The molecule has 12 heteroatoms. The third-order valence-electron chi connectivity index (χ3n) is 6.67. The highest BCUT2D eigenvalue weighted by Gasteiger charge is 2.24. The lowest BCUT2D eigenvalue weighted by Crippen LogP contribution is -2.28. The van der Waals surface area contributed by atoms with Crippen molar-refractivity contribution >= 4 is 49.8 Å². The normalized spacial score (nSPS) is 16.2. The maximum absolute atomic E-state index is 12.7. The number of thiophene rings is 1. The lowest BCUT2D eigenvalue weighted by atomic mass is 10.1. The average molecular weight is 604 g/mol. The summed E-state index contributed by atoms with van der Waals surface area (Å²) in [6.07, 6.45) is 4.52. The molecule has 0 amide bonds. The molecule has 1 aliphatic rings. The number of aromatic nitrogens is 2. The zero-order valence-corrected chi connectivity index (χ0v) is 24.7. The predicted octanol–water partition coefficient (Wildman–Crippen LogP) is 5.34. The second kappa shape index (κ2) is 11.8. The van der Waals surface area contributed by atoms with Crippen LogP contribution in [0.1, 0.15) is 46.7 Å². The molecule has 4 aromatic rings. The van der Waals surface area contributed by atoms with Gasteiger partial charge < -0.3 is 19.5 Å². The zero-order valence-electron chi connectivity index (χ0n) is 22.3. The summed E-state index contributed by atoms with van der Waals surface area (Å²) in [6.45, 7) is 3.38. The molecular weight excluding hydrogens is 574 g/mol. The number of methoxy groups -OCH3 is 1. The summed E-state index contributed by atoms with van der Waals surface area (Å²) in [4.78, 5) is 17.4. The highest BCUT2D eigenvalue weighted by Crippen LogP contribution is 2.39. The molecule has 40 heavy (non-hydrogen) atoms. The Morgan fingerprint density at radius 2 is 2.08 bits per heavy atom. The van der Waals surface area contributed by atoms with Gasteiger partial charge in [-0.3, -0.25) is 4.57 Å². The minimum absolute atomic E-state index is 0.0848. The summed E-state index contributed by atoms with van der Waals surface area (Å²) in [5.41, 5.74) is 2.77. The topological polar surface area (TPSA) is 109 Å². The van der Waals surface area contributed by atoms with Gasteiger partial charge in [-0.15, -0.1) is 11.3 Å². The third kappa shape index (κ3) is 6.27. The molecule has 0 saturated carbocycles. The maximum atomic E-state index is 12.7. The second-order valence-electron chi connectivity index (χ2n) is 9.80. The molecule has 0 spiro atoms. The monoisotopic (exact) mass is 603 g/mol. The van der Waals surface area contributed by atoms with Gasteiger partial charge in [0, 0.05) is 23.9 Å². The van der Waals surface area contributed by atoms with E-state index in [0.29, 0.717) is 50.8 Å². The van der Waals surface area contributed by atoms with Crippen molar-refractivity contribution in [3.63, 3.8) is 0 Å². The molecule has 1 fully saturated rings. The fourth-order valence-electron chi connectivity index (χ4n) is 4.72. The van der Waals surface area contributed by atoms with Crippen molar-refractivity contribution in [2.75, 3.05) is 26.5 Å². The van der Waals surface area contributed by atoms with Crippen molar-refractivity contribution in [2.45, 2.75) is 37.7 Å². The standard InChI is InChI=1S/C28H30ClN3O6S2/c1-17(20-7-4-8-23(26(20)29)37-14-19-6-5-11-30-19)38-24-13-25(39-27(24)28(33)36-2)32-16-31-21-10-9-18(12-22(21)32)15-40(3,34)35/h4,7-10,12-13,16-17,19,30H,5-6,11,14-15H2,1-3H3/t17-,19+/m1/s1. The summed E-state index contributed by atoms with van der Waals surface area (Å²) in [7, 11) is -1.89. The number of sulfone groups is 1. The first kappa shape index (κ1) is 28.4. The van der Waals surface area contributed by atoms with Gasteiger partial charge in [0.25, 0.3) is 0 Å². The Morgan fingerprint density at radius 1 is 1.25 bits per heavy atom. The van der Waals surface area contributed by atoms with E-state index in [-0.39, 0.29) is 10.6 Å². The van der Waals surface area contributed by atoms with E-state index in [4.69, 9.17) is 25.8 Å². The number of carbonyl (C=O) groups is 1. The van der Waals surface area contributed by atoms with Crippen LogP contribution in [-0.4, -0.2) is 56.5 Å². The quantitative estimate of drug-likeness (QED) is 0.242. The number of carbonyl (C=O) groups excluding carboxylic acids is 1. The van der Waals surface area contributed by atoms with Crippen molar-refractivity contribution in [1.29, 1.82) is 0 Å². The fourth-order valence-corrected chi connectivity index (χ4v) is 6.83. The first-order valence-electron chi connectivity index (χ1n) is 12.8. The van der Waals surface area contributed by atoms with Crippen LogP contribution in [-0.2, 0) is 20.3 Å². The number of fused-ring (bicyclic) bond motifs is 1. The highest BCUT2D eigenvalue weighted by atomic mass is 35.5. The van der Waals surface area contributed by atoms with Crippen LogP contribution in [0.2, 0.25) is 5.02 Å². The summed E-state index contributed by atoms with van der Waals surface area (Å²) < 4.78 is 42.8. The van der Waals surface area contributed by atoms with Crippen molar-refractivity contribution in [3.05, 3.63) is 69.8 Å². The smallest absolute Gasteiger partial charge is 0.351 e. The SMILES string of the molecule is COC(=O)c1sc(-n2cnc3ccc(CS(C)(=O)=O)cc32)cc1O[C@H](C)c1cccc(OC[C@@H]2CCCN2)c1Cl. The Morgan fingerprint density at radius 3 is 2.80 bits per heavy atom. The van der Waals surface area contributed by atoms with Gasteiger partial charge in [0.15, 0.2) is 14.7 Å². The maximum Gasteiger partial charge on any atom is 0.351 e. The van der Waals surface area contributed by atoms with Crippen LogP contribution in [0.4, 0.5) is 0 Å². The number of benzene rings is 2. The van der Waals surface area contributed by atoms with Gasteiger partial charge >= 0.3 is 5.97 Å². The summed E-state index contributed by atoms with van der Waals surface area (Å²) in [6, 6.07) is 12.9. The Bertz CT molecular complexity index is 1640. The molecule has 0 radical (unpaired) electrons. The molecule has 212 valence electrons. The molecule has 0 bridgehead atoms. The van der Waals surface area contributed by atoms with E-state index >= 15 is 0 Å². The molecule has 2 aromatic heterocycles. The number of esters is 1. The van der Waals surface area contributed by atoms with Crippen LogP contribution in [0, 0.1) is 0 Å². The molecule has 0 unspecified atom stereocenters. The number of rotatable bonds is 10. The minimum atomic E-state index is -3.21. The lowest BCUT2D eigenvalue weighted by Gasteiger charge is -2.19. The van der Waals surface area contributed by atoms with Gasteiger partial charge in [-0.25, -0.2) is 18.2 Å². The highest BCUT2D eigenvalue weighted by molar-refractivity contribution is 7.89. The summed E-state index contributed by atoms with van der Waals surface area (Å²) >= 11 is 7.92. The van der Waals surface area contributed by atoms with Crippen LogP contribution < -0.4 is 14.8 Å². The molecule has 1 saturated heterocycles. The molecule has 2 aromatic carbocycles. The lowest BCUT2D eigenvalue weighted by molar-refractivity contribution is 0.0600. The molecule has 5 rings (SSSR count). The second-order valence-corrected chi connectivity index (χ2v) is 13.3. The van der Waals surface area contributed by atoms with E-state index in [0.717, 1.165) is 24.9 Å². The van der Waals surface area contributed by atoms with Crippen molar-refractivity contribution in [3.8, 4) is 16.5 Å². The van der Waals surface area contributed by atoms with Crippen molar-refractivity contribution in [1.82, 2.24) is 14.9 Å². The largest absolute Gasteiger partial charge is 0.490 e. The Balaban J connectivity index is 1.43. The number of hydrogen-bond donors (Lipinski definition) is 1. The van der Waals surface area contributed by atoms with Gasteiger partial charge in [0.2, 0.25) is 0 Å². The molecule has 1 N–H and O–H groups in total. The third-order valence-corrected chi connectivity index (χ3v) is 9.03. The Kier molecular flexibility index (Phi) is 8.37. The van der Waals surface area contributed by atoms with E-state index in [9.17, 15) is 13.2 Å². The Labute approximate surface area is 241 Å². The first-order valence-corrected chi connectivity index (χ1v) is 16.1. The first-order chi connectivity index (χ1) is 19.1. The molecule has 9 nitrogen and oxygen atoms in total. The molecule has 0 aliphatic carbocycles. The number of halogens is 1. The van der Waals surface area contributed by atoms with Gasteiger partial charge in [0.1, 0.15) is 35.5 Å². The van der Waals surface area contributed by atoms with Crippen molar-refractivity contribution < 1.29 is 27.4 Å².